The molecule has 0 atom stereocenters. The number of halogens is 2. The van der Waals surface area contributed by atoms with Crippen molar-refractivity contribution in [3.8, 4) is 0 Å². The van der Waals surface area contributed by atoms with E-state index < -0.39 is 0 Å². The molecule has 0 spiro atoms. The number of hydrogen-bond acceptors (Lipinski definition) is 3. The van der Waals surface area contributed by atoms with Gasteiger partial charge in [0, 0.05) is 15.2 Å². The highest BCUT2D eigenvalue weighted by Gasteiger charge is 2.03. The summed E-state index contributed by atoms with van der Waals surface area (Å²) in [6.07, 6.45) is 0. The summed E-state index contributed by atoms with van der Waals surface area (Å²) in [5.41, 5.74) is 1.77. The van der Waals surface area contributed by atoms with Crippen LogP contribution in [0.5, 0.6) is 0 Å². The first kappa shape index (κ1) is 14.9. The van der Waals surface area contributed by atoms with Crippen LogP contribution in [0.3, 0.4) is 0 Å². The van der Waals surface area contributed by atoms with Crippen LogP contribution in [-0.4, -0.2) is 12.5 Å². The molecule has 0 aliphatic rings. The number of ether oxygens (including phenoxy) is 1. The van der Waals surface area contributed by atoms with Crippen LogP contribution in [0.4, 0.5) is 5.69 Å². The molecule has 20 heavy (non-hydrogen) atoms. The maximum atomic E-state index is 11.6. The average Bonchev–Trinajstić information content (AvgIpc) is 2.45. The predicted molar refractivity (Wildman–Crippen MR) is 83.9 cm³/mol. The van der Waals surface area contributed by atoms with Gasteiger partial charge in [-0.3, -0.25) is 4.79 Å². The molecule has 0 amide bonds. The second kappa shape index (κ2) is 7.31. The monoisotopic (exact) mass is 353 g/mol. The quantitative estimate of drug-likeness (QED) is 0.815. The average molecular weight is 355 g/mol. The summed E-state index contributed by atoms with van der Waals surface area (Å²) >= 11 is 9.15. The maximum absolute atomic E-state index is 11.6. The Morgan fingerprint density at radius 2 is 1.95 bits per heavy atom. The van der Waals surface area contributed by atoms with E-state index in [0.717, 1.165) is 15.7 Å². The lowest BCUT2D eigenvalue weighted by atomic mass is 10.2. The van der Waals surface area contributed by atoms with Crippen molar-refractivity contribution < 1.29 is 9.53 Å². The van der Waals surface area contributed by atoms with Gasteiger partial charge in [0.25, 0.3) is 0 Å². The Hall–Kier alpha value is -1.52. The molecule has 0 unspecified atom stereocenters. The first-order valence-electron chi connectivity index (χ1n) is 6.03. The molecule has 1 N–H and O–H groups in total. The molecule has 5 heteroatoms. The van der Waals surface area contributed by atoms with Crippen LogP contribution >= 0.6 is 27.5 Å². The fourth-order valence-electron chi connectivity index (χ4n) is 1.58. The third-order valence-electron chi connectivity index (χ3n) is 2.57. The lowest BCUT2D eigenvalue weighted by Gasteiger charge is -2.07. The molecule has 0 aliphatic heterocycles. The molecular formula is C15H13BrClNO2. The summed E-state index contributed by atoms with van der Waals surface area (Å²) in [6.45, 7) is 0.385. The van der Waals surface area contributed by atoms with Gasteiger partial charge < -0.3 is 10.1 Å². The Labute approximate surface area is 131 Å². The van der Waals surface area contributed by atoms with E-state index in [4.69, 9.17) is 16.3 Å². The van der Waals surface area contributed by atoms with E-state index in [1.54, 1.807) is 12.1 Å². The molecule has 2 aromatic carbocycles. The molecule has 0 saturated heterocycles. The van der Waals surface area contributed by atoms with E-state index in [9.17, 15) is 4.79 Å². The molecule has 2 rings (SSSR count). The number of benzene rings is 2. The lowest BCUT2D eigenvalue weighted by Crippen LogP contribution is -2.16. The summed E-state index contributed by atoms with van der Waals surface area (Å²) in [7, 11) is 0. The molecule has 0 aliphatic carbocycles. The Bertz CT molecular complexity index is 587. The molecule has 3 nitrogen and oxygen atoms in total. The SMILES string of the molecule is O=C(CNc1ccc(Cl)cc1)OCc1cccc(Br)c1. The Morgan fingerprint density at radius 3 is 2.65 bits per heavy atom. The molecule has 0 aromatic heterocycles. The molecule has 104 valence electrons. The van der Waals surface area contributed by atoms with Crippen LogP contribution < -0.4 is 5.32 Å². The van der Waals surface area contributed by atoms with Gasteiger partial charge in [0.15, 0.2) is 0 Å². The van der Waals surface area contributed by atoms with Crippen LogP contribution in [0.2, 0.25) is 5.02 Å². The zero-order valence-corrected chi connectivity index (χ0v) is 12.9. The normalized spacial score (nSPS) is 10.1. The fraction of sp³-hybridized carbons (Fsp3) is 0.133. The number of carbonyl (C=O) groups excluding carboxylic acids is 1. The van der Waals surface area contributed by atoms with Crippen molar-refractivity contribution in [3.05, 3.63) is 63.6 Å². The first-order chi connectivity index (χ1) is 9.63. The van der Waals surface area contributed by atoms with Crippen molar-refractivity contribution in [1.29, 1.82) is 0 Å². The van der Waals surface area contributed by atoms with Gasteiger partial charge in [0.2, 0.25) is 0 Å². The van der Waals surface area contributed by atoms with Gasteiger partial charge in [-0.05, 0) is 42.0 Å². The van der Waals surface area contributed by atoms with Crippen molar-refractivity contribution in [1.82, 2.24) is 0 Å². The standard InChI is InChI=1S/C15H13BrClNO2/c16-12-3-1-2-11(8-12)10-20-15(19)9-18-14-6-4-13(17)5-7-14/h1-8,18H,9-10H2. The van der Waals surface area contributed by atoms with Crippen LogP contribution in [0, 0.1) is 0 Å². The first-order valence-corrected chi connectivity index (χ1v) is 7.20. The predicted octanol–water partition coefficient (Wildman–Crippen LogP) is 4.26. The topological polar surface area (TPSA) is 38.3 Å². The molecule has 0 saturated carbocycles. The molecule has 0 bridgehead atoms. The highest BCUT2D eigenvalue weighted by Crippen LogP contribution is 2.14. The third kappa shape index (κ3) is 4.87. The van der Waals surface area contributed by atoms with E-state index in [-0.39, 0.29) is 19.1 Å². The highest BCUT2D eigenvalue weighted by molar-refractivity contribution is 9.10. The van der Waals surface area contributed by atoms with Gasteiger partial charge in [0.05, 0.1) is 0 Å². The second-order valence-corrected chi connectivity index (χ2v) is 5.50. The summed E-state index contributed by atoms with van der Waals surface area (Å²) in [4.78, 5) is 11.6. The zero-order valence-electron chi connectivity index (χ0n) is 10.6. The van der Waals surface area contributed by atoms with Gasteiger partial charge >= 0.3 is 5.97 Å². The van der Waals surface area contributed by atoms with Crippen molar-refractivity contribution >= 4 is 39.2 Å². The Kier molecular flexibility index (Phi) is 5.44. The molecule has 0 radical (unpaired) electrons. The van der Waals surface area contributed by atoms with E-state index in [1.807, 2.05) is 36.4 Å². The van der Waals surface area contributed by atoms with E-state index in [0.29, 0.717) is 5.02 Å². The van der Waals surface area contributed by atoms with Gasteiger partial charge in [0.1, 0.15) is 13.2 Å². The van der Waals surface area contributed by atoms with Crippen molar-refractivity contribution in [2.24, 2.45) is 0 Å². The van der Waals surface area contributed by atoms with Crippen molar-refractivity contribution in [2.75, 3.05) is 11.9 Å². The summed E-state index contributed by atoms with van der Waals surface area (Å²) < 4.78 is 6.14. The van der Waals surface area contributed by atoms with E-state index >= 15 is 0 Å². The molecule has 0 fully saturated rings. The van der Waals surface area contributed by atoms with Crippen LogP contribution in [0.25, 0.3) is 0 Å². The number of carbonyl (C=O) groups is 1. The molecule has 2 aromatic rings. The fourth-order valence-corrected chi connectivity index (χ4v) is 2.16. The number of esters is 1. The summed E-state index contributed by atoms with van der Waals surface area (Å²) in [6, 6.07) is 14.8. The van der Waals surface area contributed by atoms with E-state index in [1.165, 1.54) is 0 Å². The third-order valence-corrected chi connectivity index (χ3v) is 3.32. The highest BCUT2D eigenvalue weighted by atomic mass is 79.9. The summed E-state index contributed by atoms with van der Waals surface area (Å²) in [5, 5.41) is 3.64. The minimum absolute atomic E-state index is 0.121. The van der Waals surface area contributed by atoms with Crippen LogP contribution in [0.15, 0.2) is 53.0 Å². The van der Waals surface area contributed by atoms with E-state index in [2.05, 4.69) is 21.2 Å². The number of anilines is 1. The maximum Gasteiger partial charge on any atom is 0.325 e. The Morgan fingerprint density at radius 1 is 1.20 bits per heavy atom. The molecular weight excluding hydrogens is 342 g/mol. The number of rotatable bonds is 5. The lowest BCUT2D eigenvalue weighted by molar-refractivity contribution is -0.142. The summed E-state index contributed by atoms with van der Waals surface area (Å²) in [5.74, 6) is -0.306. The van der Waals surface area contributed by atoms with Crippen LogP contribution in [0.1, 0.15) is 5.56 Å². The smallest absolute Gasteiger partial charge is 0.325 e. The van der Waals surface area contributed by atoms with Gasteiger partial charge in [-0.15, -0.1) is 0 Å². The second-order valence-electron chi connectivity index (χ2n) is 4.15. The van der Waals surface area contributed by atoms with Gasteiger partial charge in [-0.1, -0.05) is 39.7 Å². The number of nitrogens with one attached hydrogen (secondary N) is 1. The number of hydrogen-bond donors (Lipinski definition) is 1. The van der Waals surface area contributed by atoms with Crippen LogP contribution in [-0.2, 0) is 16.1 Å². The Balaban J connectivity index is 1.77. The molecule has 0 heterocycles. The minimum atomic E-state index is -0.306. The van der Waals surface area contributed by atoms with Gasteiger partial charge in [-0.25, -0.2) is 0 Å². The minimum Gasteiger partial charge on any atom is -0.460 e. The van der Waals surface area contributed by atoms with Gasteiger partial charge in [-0.2, -0.15) is 0 Å². The largest absolute Gasteiger partial charge is 0.460 e. The van der Waals surface area contributed by atoms with Crippen molar-refractivity contribution in [3.63, 3.8) is 0 Å². The zero-order chi connectivity index (χ0) is 14.4. The van der Waals surface area contributed by atoms with Crippen molar-refractivity contribution in [2.45, 2.75) is 6.61 Å².